The molecule has 0 aromatic heterocycles. The lowest BCUT2D eigenvalue weighted by Crippen LogP contribution is -2.07. The molecular weight excluding hydrogens is 288 g/mol. The van der Waals surface area contributed by atoms with Crippen molar-refractivity contribution in [1.82, 2.24) is 0 Å². The maximum absolute atomic E-state index is 2.45. The zero-order valence-electron chi connectivity index (χ0n) is 15.7. The molecule has 2 aliphatic carbocycles. The van der Waals surface area contributed by atoms with Crippen LogP contribution in [0.3, 0.4) is 0 Å². The lowest BCUT2D eigenvalue weighted by atomic mass is 9.78. The van der Waals surface area contributed by atoms with Crippen molar-refractivity contribution in [2.24, 2.45) is 0 Å². The van der Waals surface area contributed by atoms with Gasteiger partial charge in [0, 0.05) is 0 Å². The second kappa shape index (κ2) is 11.1. The molecule has 0 heteroatoms. The first-order chi connectivity index (χ1) is 11.9. The smallest absolute Gasteiger partial charge is 0.0146 e. The maximum atomic E-state index is 2.45. The lowest BCUT2D eigenvalue weighted by Gasteiger charge is -2.27. The summed E-state index contributed by atoms with van der Waals surface area (Å²) in [5.41, 5.74) is 6.49. The highest BCUT2D eigenvalue weighted by atomic mass is 14.3. The maximum Gasteiger partial charge on any atom is -0.0146 e. The number of unbranched alkanes of at least 4 members (excludes halogenated alkanes) is 6. The Morgan fingerprint density at radius 2 is 0.875 bits per heavy atom. The van der Waals surface area contributed by atoms with Gasteiger partial charge in [-0.1, -0.05) is 101 Å². The molecule has 0 saturated heterocycles. The molecule has 130 valence electrons. The first-order valence-corrected chi connectivity index (χ1v) is 10.0. The number of hydrogen-bond donors (Lipinski definition) is 0. The summed E-state index contributed by atoms with van der Waals surface area (Å²) in [5.74, 6) is 0. The molecule has 0 aliphatic heterocycles. The minimum Gasteiger partial charge on any atom is -0.0654 e. The van der Waals surface area contributed by atoms with Crippen molar-refractivity contribution in [3.63, 3.8) is 0 Å². The zero-order valence-corrected chi connectivity index (χ0v) is 15.7. The van der Waals surface area contributed by atoms with Crippen LogP contribution >= 0.6 is 0 Å². The zero-order chi connectivity index (χ0) is 17.0. The summed E-state index contributed by atoms with van der Waals surface area (Å²) < 4.78 is 0. The second-order valence-electron chi connectivity index (χ2n) is 6.94. The second-order valence-corrected chi connectivity index (χ2v) is 6.94. The van der Waals surface area contributed by atoms with Crippen molar-refractivity contribution in [2.45, 2.75) is 78.1 Å². The Morgan fingerprint density at radius 1 is 0.500 bits per heavy atom. The van der Waals surface area contributed by atoms with Crippen molar-refractivity contribution in [3.05, 3.63) is 59.7 Å². The molecule has 0 N–H and O–H groups in total. The molecule has 0 spiro atoms. The molecule has 24 heavy (non-hydrogen) atoms. The largest absolute Gasteiger partial charge is 0.0654 e. The number of aryl methyl sites for hydroxylation is 2. The Bertz CT molecular complexity index is 504. The van der Waals surface area contributed by atoms with E-state index in [0.717, 1.165) is 0 Å². The van der Waals surface area contributed by atoms with E-state index in [2.05, 4.69) is 26.0 Å². The van der Waals surface area contributed by atoms with E-state index >= 15 is 0 Å². The van der Waals surface area contributed by atoms with Crippen LogP contribution in [0.4, 0.5) is 0 Å². The van der Waals surface area contributed by atoms with Gasteiger partial charge in [-0.3, -0.25) is 0 Å². The van der Waals surface area contributed by atoms with Gasteiger partial charge in [0.2, 0.25) is 0 Å². The van der Waals surface area contributed by atoms with Gasteiger partial charge in [0.15, 0.2) is 0 Å². The van der Waals surface area contributed by atoms with Gasteiger partial charge >= 0.3 is 0 Å². The predicted molar refractivity (Wildman–Crippen MR) is 108 cm³/mol. The fraction of sp³-hybridized carbons (Fsp3) is 0.500. The Hall–Kier alpha value is -1.56. The Morgan fingerprint density at radius 3 is 1.17 bits per heavy atom. The molecule has 2 aliphatic rings. The summed E-state index contributed by atoms with van der Waals surface area (Å²) in [6.07, 6.45) is 13.7. The number of hydrogen-bond acceptors (Lipinski definition) is 0. The molecule has 0 bridgehead atoms. The summed E-state index contributed by atoms with van der Waals surface area (Å²) in [4.78, 5) is 0. The average Bonchev–Trinajstić information content (AvgIpc) is 2.62. The first-order valence-electron chi connectivity index (χ1n) is 10.0. The van der Waals surface area contributed by atoms with Crippen LogP contribution in [0.15, 0.2) is 48.5 Å². The fourth-order valence-corrected chi connectivity index (χ4v) is 3.32. The van der Waals surface area contributed by atoms with Crippen LogP contribution < -0.4 is 0 Å². The van der Waals surface area contributed by atoms with Gasteiger partial charge in [0.1, 0.15) is 0 Å². The van der Waals surface area contributed by atoms with Crippen LogP contribution in [0.25, 0.3) is 11.1 Å². The number of benzene rings is 2. The minimum atomic E-state index is 1.32. The van der Waals surface area contributed by atoms with Gasteiger partial charge in [-0.2, -0.15) is 0 Å². The summed E-state index contributed by atoms with van der Waals surface area (Å²) in [5, 5.41) is 0. The van der Waals surface area contributed by atoms with E-state index in [1.165, 1.54) is 64.2 Å². The average molecular weight is 323 g/mol. The standard InChI is InChI=1S/C18H28.C6H6/c1-3-5-7-9-11-15-13-18-16(14-17(15)18)12-10-8-6-4-2;1-2-4-6-5-3-1/h13-14H,3-12H2,1-2H3;1-6H. The van der Waals surface area contributed by atoms with Crippen molar-refractivity contribution < 1.29 is 0 Å². The van der Waals surface area contributed by atoms with Gasteiger partial charge in [0.05, 0.1) is 0 Å². The Balaban J connectivity index is 0.000000292. The SMILES string of the molecule is CCCCCCc1cc2c(CCCCCC)cc1-2.c1ccccc1. The van der Waals surface area contributed by atoms with Crippen LogP contribution in [0.1, 0.15) is 76.3 Å². The van der Waals surface area contributed by atoms with Crippen LogP contribution in [-0.2, 0) is 12.8 Å². The van der Waals surface area contributed by atoms with E-state index in [1.807, 2.05) is 36.4 Å². The molecule has 3 rings (SSSR count). The normalized spacial score (nSPS) is 10.9. The van der Waals surface area contributed by atoms with Gasteiger partial charge in [-0.25, -0.2) is 0 Å². The van der Waals surface area contributed by atoms with E-state index in [-0.39, 0.29) is 0 Å². The van der Waals surface area contributed by atoms with Crippen LogP contribution in [0.5, 0.6) is 0 Å². The fourth-order valence-electron chi connectivity index (χ4n) is 3.32. The van der Waals surface area contributed by atoms with Gasteiger partial charge in [-0.15, -0.1) is 0 Å². The highest BCUT2D eigenvalue weighted by Gasteiger charge is 2.21. The summed E-state index contributed by atoms with van der Waals surface area (Å²) in [6, 6.07) is 16.9. The first kappa shape index (κ1) is 18.8. The monoisotopic (exact) mass is 322 g/mol. The van der Waals surface area contributed by atoms with E-state index in [0.29, 0.717) is 0 Å². The topological polar surface area (TPSA) is 0 Å². The molecule has 1 aromatic rings. The van der Waals surface area contributed by atoms with Crippen molar-refractivity contribution in [2.75, 3.05) is 0 Å². The molecule has 0 radical (unpaired) electrons. The third kappa shape index (κ3) is 5.82. The molecule has 0 saturated carbocycles. The summed E-state index contributed by atoms with van der Waals surface area (Å²) >= 11 is 0. The third-order valence-electron chi connectivity index (χ3n) is 4.89. The highest BCUT2D eigenvalue weighted by molar-refractivity contribution is 5.85. The van der Waals surface area contributed by atoms with E-state index < -0.39 is 0 Å². The van der Waals surface area contributed by atoms with E-state index in [9.17, 15) is 0 Å². The van der Waals surface area contributed by atoms with Crippen molar-refractivity contribution in [1.29, 1.82) is 0 Å². The highest BCUT2D eigenvalue weighted by Crippen LogP contribution is 2.42. The van der Waals surface area contributed by atoms with Crippen molar-refractivity contribution in [3.8, 4) is 11.1 Å². The summed E-state index contributed by atoms with van der Waals surface area (Å²) in [6.45, 7) is 4.56. The molecule has 0 atom stereocenters. The molecule has 0 nitrogen and oxygen atoms in total. The van der Waals surface area contributed by atoms with Crippen LogP contribution in [0, 0.1) is 0 Å². The Kier molecular flexibility index (Phi) is 8.66. The van der Waals surface area contributed by atoms with Crippen LogP contribution in [0.2, 0.25) is 0 Å². The van der Waals surface area contributed by atoms with Gasteiger partial charge in [0.25, 0.3) is 0 Å². The van der Waals surface area contributed by atoms with E-state index in [4.69, 9.17) is 0 Å². The molecule has 0 amide bonds. The summed E-state index contributed by atoms with van der Waals surface area (Å²) in [7, 11) is 0. The molecule has 0 unspecified atom stereocenters. The number of rotatable bonds is 10. The number of fused-ring (bicyclic) bond motifs is 1. The van der Waals surface area contributed by atoms with E-state index in [1.54, 1.807) is 22.3 Å². The van der Waals surface area contributed by atoms with Gasteiger partial charge < -0.3 is 0 Å². The lowest BCUT2D eigenvalue weighted by molar-refractivity contribution is 0.660. The predicted octanol–water partition coefficient (Wildman–Crippen LogP) is 7.60. The molecular formula is C24H34. The Labute approximate surface area is 149 Å². The molecule has 0 heterocycles. The third-order valence-corrected chi connectivity index (χ3v) is 4.89. The molecule has 1 aromatic carbocycles. The molecule has 0 fully saturated rings. The van der Waals surface area contributed by atoms with Crippen molar-refractivity contribution >= 4 is 0 Å². The van der Waals surface area contributed by atoms with Crippen LogP contribution in [-0.4, -0.2) is 0 Å². The minimum absolute atomic E-state index is 1.32. The quantitative estimate of drug-likeness (QED) is 0.337. The van der Waals surface area contributed by atoms with Gasteiger partial charge in [-0.05, 0) is 47.9 Å².